The number of rotatable bonds is 4. The zero-order valence-electron chi connectivity index (χ0n) is 12.7. The van der Waals surface area contributed by atoms with Crippen LogP contribution in [0.3, 0.4) is 0 Å². The molecule has 124 valence electrons. The fourth-order valence-corrected chi connectivity index (χ4v) is 3.79. The predicted octanol–water partition coefficient (Wildman–Crippen LogP) is 3.12. The van der Waals surface area contributed by atoms with E-state index in [-0.39, 0.29) is 0 Å². The Bertz CT molecular complexity index is 922. The number of halogens is 1. The third-order valence-electron chi connectivity index (χ3n) is 3.93. The fourth-order valence-electron chi connectivity index (χ4n) is 2.58. The standard InChI is InChI=1S/C16H16ClN5OS/c17-9-4-2-1-3-8(9)12-10-11(18)13(14(19)23)24-15(10)22-16(21-12)20-7-5-6-7/h1-4,7,14,23H,5-6,18-19H2,(H,20,21,22). The number of hydrogen-bond donors (Lipinski definition) is 4. The fraction of sp³-hybridized carbons (Fsp3) is 0.250. The van der Waals surface area contributed by atoms with Crippen molar-refractivity contribution in [3.63, 3.8) is 0 Å². The highest BCUT2D eigenvalue weighted by Gasteiger charge is 2.25. The molecule has 2 aromatic heterocycles. The van der Waals surface area contributed by atoms with Gasteiger partial charge in [0.25, 0.3) is 0 Å². The molecule has 1 aromatic carbocycles. The van der Waals surface area contributed by atoms with Gasteiger partial charge in [-0.25, -0.2) is 9.97 Å². The number of hydrogen-bond acceptors (Lipinski definition) is 7. The topological polar surface area (TPSA) is 110 Å². The number of aliphatic hydroxyl groups excluding tert-OH is 1. The van der Waals surface area contributed by atoms with Crippen molar-refractivity contribution in [3.8, 4) is 11.3 Å². The summed E-state index contributed by atoms with van der Waals surface area (Å²) in [5.41, 5.74) is 13.7. The Morgan fingerprint density at radius 1 is 1.29 bits per heavy atom. The zero-order valence-corrected chi connectivity index (χ0v) is 14.2. The van der Waals surface area contributed by atoms with E-state index in [2.05, 4.69) is 15.3 Å². The molecular weight excluding hydrogens is 346 g/mol. The smallest absolute Gasteiger partial charge is 0.224 e. The van der Waals surface area contributed by atoms with Crippen LogP contribution in [0.4, 0.5) is 11.6 Å². The Labute approximate surface area is 147 Å². The van der Waals surface area contributed by atoms with E-state index in [0.29, 0.717) is 43.5 Å². The monoisotopic (exact) mass is 361 g/mol. The Morgan fingerprint density at radius 3 is 2.71 bits per heavy atom. The minimum atomic E-state index is -1.15. The summed E-state index contributed by atoms with van der Waals surface area (Å²) >= 11 is 7.63. The van der Waals surface area contributed by atoms with Crippen LogP contribution in [-0.2, 0) is 0 Å². The number of aromatic nitrogens is 2. The molecule has 6 nitrogen and oxygen atoms in total. The number of aliphatic hydroxyl groups is 1. The highest BCUT2D eigenvalue weighted by molar-refractivity contribution is 7.19. The van der Waals surface area contributed by atoms with Gasteiger partial charge in [0.15, 0.2) is 0 Å². The Balaban J connectivity index is 1.99. The van der Waals surface area contributed by atoms with Crippen molar-refractivity contribution in [2.75, 3.05) is 11.1 Å². The maximum atomic E-state index is 9.76. The van der Waals surface area contributed by atoms with Gasteiger partial charge in [0.1, 0.15) is 11.1 Å². The lowest BCUT2D eigenvalue weighted by molar-refractivity contribution is 0.191. The molecule has 2 heterocycles. The summed E-state index contributed by atoms with van der Waals surface area (Å²) in [5, 5.41) is 14.3. The van der Waals surface area contributed by atoms with E-state index in [1.165, 1.54) is 11.3 Å². The highest BCUT2D eigenvalue weighted by atomic mass is 35.5. The van der Waals surface area contributed by atoms with E-state index >= 15 is 0 Å². The van der Waals surface area contributed by atoms with Gasteiger partial charge < -0.3 is 21.9 Å². The minimum absolute atomic E-state index is 0.401. The number of fused-ring (bicyclic) bond motifs is 1. The van der Waals surface area contributed by atoms with Crippen LogP contribution in [-0.4, -0.2) is 21.1 Å². The number of thiophene rings is 1. The first-order valence-electron chi connectivity index (χ1n) is 7.59. The molecule has 0 amide bonds. The van der Waals surface area contributed by atoms with E-state index in [1.807, 2.05) is 18.2 Å². The molecule has 1 fully saturated rings. The van der Waals surface area contributed by atoms with E-state index in [1.54, 1.807) is 6.07 Å². The molecule has 1 unspecified atom stereocenters. The van der Waals surface area contributed by atoms with Crippen molar-refractivity contribution in [3.05, 3.63) is 34.2 Å². The van der Waals surface area contributed by atoms with E-state index in [0.717, 1.165) is 18.4 Å². The molecule has 1 aliphatic rings. The zero-order chi connectivity index (χ0) is 16.8. The molecule has 1 saturated carbocycles. The largest absolute Gasteiger partial charge is 0.397 e. The molecule has 0 saturated heterocycles. The van der Waals surface area contributed by atoms with Crippen molar-refractivity contribution in [2.45, 2.75) is 25.1 Å². The van der Waals surface area contributed by atoms with E-state index in [4.69, 9.17) is 23.1 Å². The van der Waals surface area contributed by atoms with Gasteiger partial charge in [0.2, 0.25) is 5.95 Å². The van der Waals surface area contributed by atoms with Gasteiger partial charge in [0.05, 0.1) is 21.6 Å². The molecular formula is C16H16ClN5OS. The first kappa shape index (κ1) is 15.6. The summed E-state index contributed by atoms with van der Waals surface area (Å²) in [7, 11) is 0. The second-order valence-electron chi connectivity index (χ2n) is 5.80. The number of benzene rings is 1. The SMILES string of the molecule is Nc1c(C(N)O)sc2nc(NC3CC3)nc(-c3ccccc3Cl)c12. The van der Waals surface area contributed by atoms with Crippen LogP contribution >= 0.6 is 22.9 Å². The molecule has 8 heteroatoms. The molecule has 0 spiro atoms. The average Bonchev–Trinajstić information content (AvgIpc) is 3.29. The normalized spacial score (nSPS) is 15.6. The van der Waals surface area contributed by atoms with Crippen molar-refractivity contribution in [1.82, 2.24) is 9.97 Å². The van der Waals surface area contributed by atoms with Crippen LogP contribution < -0.4 is 16.8 Å². The lowest BCUT2D eigenvalue weighted by atomic mass is 10.1. The lowest BCUT2D eigenvalue weighted by Crippen LogP contribution is -2.08. The van der Waals surface area contributed by atoms with Gasteiger partial charge in [0, 0.05) is 16.6 Å². The number of nitrogens with one attached hydrogen (secondary N) is 1. The second-order valence-corrected chi connectivity index (χ2v) is 7.24. The van der Waals surface area contributed by atoms with E-state index in [9.17, 15) is 5.11 Å². The van der Waals surface area contributed by atoms with Gasteiger partial charge in [-0.3, -0.25) is 0 Å². The summed E-state index contributed by atoms with van der Waals surface area (Å²) in [6.07, 6.45) is 1.08. The van der Waals surface area contributed by atoms with Crippen LogP contribution in [0.1, 0.15) is 23.9 Å². The Morgan fingerprint density at radius 2 is 2.04 bits per heavy atom. The predicted molar refractivity (Wildman–Crippen MR) is 98.1 cm³/mol. The third kappa shape index (κ3) is 2.69. The summed E-state index contributed by atoms with van der Waals surface area (Å²) in [6.45, 7) is 0. The third-order valence-corrected chi connectivity index (χ3v) is 5.43. The maximum Gasteiger partial charge on any atom is 0.224 e. The first-order valence-corrected chi connectivity index (χ1v) is 8.79. The number of nitrogen functional groups attached to an aromatic ring is 1. The first-order chi connectivity index (χ1) is 11.5. The lowest BCUT2D eigenvalue weighted by Gasteiger charge is -2.09. The summed E-state index contributed by atoms with van der Waals surface area (Å²) in [6, 6.07) is 7.86. The highest BCUT2D eigenvalue weighted by Crippen LogP contribution is 2.42. The molecule has 0 aliphatic heterocycles. The number of nitrogens with zero attached hydrogens (tertiary/aromatic N) is 2. The molecule has 24 heavy (non-hydrogen) atoms. The minimum Gasteiger partial charge on any atom is -0.397 e. The van der Waals surface area contributed by atoms with Crippen molar-refractivity contribution in [2.24, 2.45) is 5.73 Å². The molecule has 0 radical (unpaired) electrons. The summed E-state index contributed by atoms with van der Waals surface area (Å²) in [4.78, 5) is 10.3. The maximum absolute atomic E-state index is 9.76. The van der Waals surface area contributed by atoms with E-state index < -0.39 is 6.23 Å². The molecule has 6 N–H and O–H groups in total. The second kappa shape index (κ2) is 5.86. The van der Waals surface area contributed by atoms with Crippen LogP contribution in [0, 0.1) is 0 Å². The molecule has 1 aliphatic carbocycles. The Hall–Kier alpha value is -1.93. The van der Waals surface area contributed by atoms with Crippen LogP contribution in [0.2, 0.25) is 5.02 Å². The van der Waals surface area contributed by atoms with Crippen LogP contribution in [0.25, 0.3) is 21.5 Å². The number of anilines is 2. The Kier molecular flexibility index (Phi) is 3.80. The van der Waals surface area contributed by atoms with Crippen molar-refractivity contribution >= 4 is 44.8 Å². The van der Waals surface area contributed by atoms with Gasteiger partial charge >= 0.3 is 0 Å². The average molecular weight is 362 g/mol. The van der Waals surface area contributed by atoms with Crippen molar-refractivity contribution < 1.29 is 5.11 Å². The van der Waals surface area contributed by atoms with Gasteiger partial charge in [-0.1, -0.05) is 29.8 Å². The van der Waals surface area contributed by atoms with Gasteiger partial charge in [-0.05, 0) is 18.9 Å². The van der Waals surface area contributed by atoms with Crippen molar-refractivity contribution in [1.29, 1.82) is 0 Å². The quantitative estimate of drug-likeness (QED) is 0.531. The van der Waals surface area contributed by atoms with Gasteiger partial charge in [-0.15, -0.1) is 11.3 Å². The number of nitrogens with two attached hydrogens (primary N) is 2. The molecule has 3 aromatic rings. The summed E-state index contributed by atoms with van der Waals surface area (Å²) in [5.74, 6) is 0.541. The molecule has 0 bridgehead atoms. The molecule has 1 atom stereocenters. The van der Waals surface area contributed by atoms with Gasteiger partial charge in [-0.2, -0.15) is 0 Å². The summed E-state index contributed by atoms with van der Waals surface area (Å²) < 4.78 is 0. The molecule has 4 rings (SSSR count). The van der Waals surface area contributed by atoms with Crippen LogP contribution in [0.5, 0.6) is 0 Å². The van der Waals surface area contributed by atoms with Crippen LogP contribution in [0.15, 0.2) is 24.3 Å².